The number of fused-ring (bicyclic) bond motifs is 1. The van der Waals surface area contributed by atoms with Gasteiger partial charge in [0.05, 0.1) is 19.3 Å². The standard InChI is InChI=1S/C21H20O6/c1-4-25-21(23)13(2)26-15-9-10-16-18(12-15)27-19(20(16)22)11-14-7-5-6-8-17(14)24-3/h5-13H,4H2,1-3H3/b19-11-/t13-/m0/s1. The fourth-order valence-electron chi connectivity index (χ4n) is 2.68. The monoisotopic (exact) mass is 368 g/mol. The molecule has 1 heterocycles. The molecule has 0 spiro atoms. The Balaban J connectivity index is 1.81. The molecule has 0 aliphatic carbocycles. The zero-order valence-corrected chi connectivity index (χ0v) is 15.4. The van der Waals surface area contributed by atoms with Gasteiger partial charge in [0.15, 0.2) is 11.9 Å². The molecule has 0 unspecified atom stereocenters. The number of rotatable bonds is 6. The SMILES string of the molecule is CCOC(=O)[C@H](C)Oc1ccc2c(c1)O/C(=C\c1ccccc1OC)C2=O. The van der Waals surface area contributed by atoms with Crippen LogP contribution in [0.3, 0.4) is 0 Å². The van der Waals surface area contributed by atoms with Crippen molar-refractivity contribution >= 4 is 17.8 Å². The van der Waals surface area contributed by atoms with Crippen LogP contribution in [0.25, 0.3) is 6.08 Å². The van der Waals surface area contributed by atoms with Crippen LogP contribution >= 0.6 is 0 Å². The topological polar surface area (TPSA) is 71.1 Å². The minimum absolute atomic E-state index is 0.199. The van der Waals surface area contributed by atoms with Crippen LogP contribution in [-0.4, -0.2) is 31.6 Å². The molecule has 6 heteroatoms. The van der Waals surface area contributed by atoms with Crippen molar-refractivity contribution in [2.75, 3.05) is 13.7 Å². The van der Waals surface area contributed by atoms with Gasteiger partial charge in [0.25, 0.3) is 0 Å². The number of allylic oxidation sites excluding steroid dienone is 1. The van der Waals surface area contributed by atoms with Gasteiger partial charge in [-0.15, -0.1) is 0 Å². The largest absolute Gasteiger partial charge is 0.496 e. The second kappa shape index (κ2) is 7.95. The Kier molecular flexibility index (Phi) is 5.45. The van der Waals surface area contributed by atoms with E-state index in [2.05, 4.69) is 0 Å². The molecule has 1 aliphatic heterocycles. The van der Waals surface area contributed by atoms with E-state index in [0.29, 0.717) is 22.8 Å². The fourth-order valence-corrected chi connectivity index (χ4v) is 2.68. The Morgan fingerprint density at radius 1 is 1.22 bits per heavy atom. The molecule has 0 N–H and O–H groups in total. The number of ketones is 1. The summed E-state index contributed by atoms with van der Waals surface area (Å²) in [6.07, 6.45) is 0.881. The van der Waals surface area contributed by atoms with Crippen LogP contribution in [0.5, 0.6) is 17.2 Å². The first kappa shape index (κ1) is 18.5. The number of para-hydroxylation sites is 1. The van der Waals surface area contributed by atoms with Crippen molar-refractivity contribution in [3.8, 4) is 17.2 Å². The summed E-state index contributed by atoms with van der Waals surface area (Å²) in [5.74, 6) is 0.970. The lowest BCUT2D eigenvalue weighted by Crippen LogP contribution is -2.26. The molecule has 0 saturated heterocycles. The first-order valence-electron chi connectivity index (χ1n) is 8.58. The Bertz CT molecular complexity index is 899. The van der Waals surface area contributed by atoms with Crippen LogP contribution < -0.4 is 14.2 Å². The van der Waals surface area contributed by atoms with Gasteiger partial charge in [-0.1, -0.05) is 18.2 Å². The number of benzene rings is 2. The summed E-state index contributed by atoms with van der Waals surface area (Å²) in [5.41, 5.74) is 1.18. The molecule has 140 valence electrons. The Morgan fingerprint density at radius 2 is 2.00 bits per heavy atom. The van der Waals surface area contributed by atoms with E-state index in [1.165, 1.54) is 0 Å². The summed E-state index contributed by atoms with van der Waals surface area (Å²) in [6, 6.07) is 12.2. The minimum Gasteiger partial charge on any atom is -0.496 e. The normalized spacial score (nSPS) is 15.1. The second-order valence-corrected chi connectivity index (χ2v) is 5.85. The smallest absolute Gasteiger partial charge is 0.347 e. The van der Waals surface area contributed by atoms with Gasteiger partial charge in [-0.2, -0.15) is 0 Å². The van der Waals surface area contributed by atoms with E-state index in [1.807, 2.05) is 24.3 Å². The lowest BCUT2D eigenvalue weighted by Gasteiger charge is -2.13. The van der Waals surface area contributed by atoms with Gasteiger partial charge in [-0.3, -0.25) is 4.79 Å². The summed E-state index contributed by atoms with van der Waals surface area (Å²) in [5, 5.41) is 0. The molecule has 27 heavy (non-hydrogen) atoms. The molecule has 6 nitrogen and oxygen atoms in total. The molecular formula is C21H20O6. The van der Waals surface area contributed by atoms with Gasteiger partial charge in [-0.05, 0) is 38.1 Å². The third-order valence-electron chi connectivity index (χ3n) is 4.00. The van der Waals surface area contributed by atoms with Crippen molar-refractivity contribution in [2.45, 2.75) is 20.0 Å². The second-order valence-electron chi connectivity index (χ2n) is 5.85. The van der Waals surface area contributed by atoms with Crippen LogP contribution in [0.4, 0.5) is 0 Å². The molecule has 0 fully saturated rings. The molecule has 2 aromatic carbocycles. The van der Waals surface area contributed by atoms with E-state index in [4.69, 9.17) is 18.9 Å². The Morgan fingerprint density at radius 3 is 2.74 bits per heavy atom. The maximum atomic E-state index is 12.6. The number of ether oxygens (including phenoxy) is 4. The molecule has 3 rings (SSSR count). The third-order valence-corrected chi connectivity index (χ3v) is 4.00. The molecule has 0 amide bonds. The predicted molar refractivity (Wildman–Crippen MR) is 99.1 cm³/mol. The van der Waals surface area contributed by atoms with Crippen LogP contribution in [-0.2, 0) is 9.53 Å². The number of esters is 1. The Labute approximate surface area is 157 Å². The number of methoxy groups -OCH3 is 1. The van der Waals surface area contributed by atoms with Crippen LogP contribution in [0.15, 0.2) is 48.2 Å². The average molecular weight is 368 g/mol. The quantitative estimate of drug-likeness (QED) is 0.573. The van der Waals surface area contributed by atoms with Crippen molar-refractivity contribution in [3.05, 3.63) is 59.4 Å². The van der Waals surface area contributed by atoms with E-state index in [0.717, 1.165) is 5.56 Å². The minimum atomic E-state index is -0.760. The number of carbonyl (C=O) groups is 2. The van der Waals surface area contributed by atoms with E-state index in [9.17, 15) is 9.59 Å². The average Bonchev–Trinajstić information content (AvgIpc) is 2.97. The van der Waals surface area contributed by atoms with Gasteiger partial charge < -0.3 is 18.9 Å². The summed E-state index contributed by atoms with van der Waals surface area (Å²) in [4.78, 5) is 24.3. The number of hydrogen-bond acceptors (Lipinski definition) is 6. The lowest BCUT2D eigenvalue weighted by atomic mass is 10.1. The molecule has 0 saturated carbocycles. The number of hydrogen-bond donors (Lipinski definition) is 0. The van der Waals surface area contributed by atoms with Crippen molar-refractivity contribution in [2.24, 2.45) is 0 Å². The summed E-state index contributed by atoms with van der Waals surface area (Å²) < 4.78 is 21.5. The maximum absolute atomic E-state index is 12.6. The van der Waals surface area contributed by atoms with Crippen LogP contribution in [0, 0.1) is 0 Å². The van der Waals surface area contributed by atoms with Crippen molar-refractivity contribution < 1.29 is 28.5 Å². The van der Waals surface area contributed by atoms with E-state index in [-0.39, 0.29) is 18.1 Å². The number of carbonyl (C=O) groups excluding carboxylic acids is 2. The molecular weight excluding hydrogens is 348 g/mol. The summed E-state index contributed by atoms with van der Waals surface area (Å²) in [7, 11) is 1.57. The first-order chi connectivity index (χ1) is 13.0. The highest BCUT2D eigenvalue weighted by Crippen LogP contribution is 2.36. The zero-order valence-electron chi connectivity index (χ0n) is 15.4. The predicted octanol–water partition coefficient (Wildman–Crippen LogP) is 3.64. The summed E-state index contributed by atoms with van der Waals surface area (Å²) >= 11 is 0. The molecule has 0 bridgehead atoms. The van der Waals surface area contributed by atoms with E-state index in [1.54, 1.807) is 45.2 Å². The number of Topliss-reactive ketones (excluding diaryl/α,β-unsaturated/α-hetero) is 1. The summed E-state index contributed by atoms with van der Waals surface area (Å²) in [6.45, 7) is 3.62. The highest BCUT2D eigenvalue weighted by Gasteiger charge is 2.28. The van der Waals surface area contributed by atoms with Crippen molar-refractivity contribution in [1.29, 1.82) is 0 Å². The molecule has 2 aromatic rings. The van der Waals surface area contributed by atoms with E-state index >= 15 is 0 Å². The van der Waals surface area contributed by atoms with Gasteiger partial charge in [0, 0.05) is 11.6 Å². The van der Waals surface area contributed by atoms with E-state index < -0.39 is 12.1 Å². The highest BCUT2D eigenvalue weighted by atomic mass is 16.6. The highest BCUT2D eigenvalue weighted by molar-refractivity contribution is 6.14. The fraction of sp³-hybridized carbons (Fsp3) is 0.238. The van der Waals surface area contributed by atoms with Gasteiger partial charge in [0.2, 0.25) is 5.78 Å². The third kappa shape index (κ3) is 3.95. The van der Waals surface area contributed by atoms with Gasteiger partial charge >= 0.3 is 5.97 Å². The van der Waals surface area contributed by atoms with Crippen LogP contribution in [0.1, 0.15) is 29.8 Å². The van der Waals surface area contributed by atoms with Crippen LogP contribution in [0.2, 0.25) is 0 Å². The Hall–Kier alpha value is -3.28. The first-order valence-corrected chi connectivity index (χ1v) is 8.58. The molecule has 1 atom stereocenters. The molecule has 0 aromatic heterocycles. The van der Waals surface area contributed by atoms with Gasteiger partial charge in [0.1, 0.15) is 17.2 Å². The lowest BCUT2D eigenvalue weighted by molar-refractivity contribution is -0.150. The molecule has 0 radical (unpaired) electrons. The van der Waals surface area contributed by atoms with Gasteiger partial charge in [-0.25, -0.2) is 4.79 Å². The van der Waals surface area contributed by atoms with Crippen molar-refractivity contribution in [1.82, 2.24) is 0 Å². The van der Waals surface area contributed by atoms with Crippen molar-refractivity contribution in [3.63, 3.8) is 0 Å². The molecule has 1 aliphatic rings. The maximum Gasteiger partial charge on any atom is 0.347 e. The zero-order chi connectivity index (χ0) is 19.4.